The largest absolute Gasteiger partial charge is 0.327 e. The molecular weight excluding hydrogens is 224 g/mol. The standard InChI is InChI=1S/C14H32N4/c1-13(2)14(15)5-6-16(3)7-10-18-11-8-17(4)9-12-18/h13-14H,5-12,15H2,1-4H3. The van der Waals surface area contributed by atoms with Gasteiger partial charge in [0.2, 0.25) is 0 Å². The Balaban J connectivity index is 2.08. The van der Waals surface area contributed by atoms with E-state index in [1.54, 1.807) is 0 Å². The molecule has 0 spiro atoms. The minimum Gasteiger partial charge on any atom is -0.327 e. The summed E-state index contributed by atoms with van der Waals surface area (Å²) in [6, 6.07) is 0.344. The zero-order valence-electron chi connectivity index (χ0n) is 12.7. The first-order valence-corrected chi connectivity index (χ1v) is 7.34. The monoisotopic (exact) mass is 256 g/mol. The Bertz CT molecular complexity index is 212. The van der Waals surface area contributed by atoms with E-state index in [0.717, 1.165) is 19.5 Å². The fraction of sp³-hybridized carbons (Fsp3) is 1.00. The van der Waals surface area contributed by atoms with E-state index >= 15 is 0 Å². The Hall–Kier alpha value is -0.160. The third-order valence-electron chi connectivity index (χ3n) is 4.09. The second-order valence-corrected chi connectivity index (χ2v) is 6.14. The SMILES string of the molecule is CC(C)C(N)CCN(C)CCN1CCN(C)CC1. The smallest absolute Gasteiger partial charge is 0.0110 e. The van der Waals surface area contributed by atoms with E-state index in [0.29, 0.717) is 12.0 Å². The Morgan fingerprint density at radius 3 is 2.28 bits per heavy atom. The van der Waals surface area contributed by atoms with Crippen molar-refractivity contribution < 1.29 is 0 Å². The Morgan fingerprint density at radius 2 is 1.72 bits per heavy atom. The van der Waals surface area contributed by atoms with Gasteiger partial charge in [0.25, 0.3) is 0 Å². The highest BCUT2D eigenvalue weighted by Crippen LogP contribution is 2.04. The molecule has 18 heavy (non-hydrogen) atoms. The molecule has 0 aromatic carbocycles. The summed E-state index contributed by atoms with van der Waals surface area (Å²) >= 11 is 0. The van der Waals surface area contributed by atoms with Gasteiger partial charge in [-0.3, -0.25) is 4.90 Å². The van der Waals surface area contributed by atoms with E-state index < -0.39 is 0 Å². The molecule has 1 aliphatic rings. The van der Waals surface area contributed by atoms with E-state index in [1.165, 1.54) is 32.7 Å². The molecule has 1 heterocycles. The Kier molecular flexibility index (Phi) is 7.15. The van der Waals surface area contributed by atoms with Crippen molar-refractivity contribution in [2.75, 3.05) is 59.9 Å². The zero-order valence-corrected chi connectivity index (χ0v) is 12.7. The van der Waals surface area contributed by atoms with Crippen molar-refractivity contribution in [1.29, 1.82) is 0 Å². The van der Waals surface area contributed by atoms with Gasteiger partial charge in [0.05, 0.1) is 0 Å². The van der Waals surface area contributed by atoms with Gasteiger partial charge in [-0.2, -0.15) is 0 Å². The van der Waals surface area contributed by atoms with Crippen LogP contribution in [0.25, 0.3) is 0 Å². The van der Waals surface area contributed by atoms with Gasteiger partial charge in [-0.1, -0.05) is 13.8 Å². The van der Waals surface area contributed by atoms with Gasteiger partial charge in [0.15, 0.2) is 0 Å². The van der Waals surface area contributed by atoms with Gasteiger partial charge in [-0.05, 0) is 33.0 Å². The summed E-state index contributed by atoms with van der Waals surface area (Å²) in [5, 5.41) is 0. The van der Waals surface area contributed by atoms with Gasteiger partial charge in [-0.25, -0.2) is 0 Å². The normalized spacial score (nSPS) is 20.8. The zero-order chi connectivity index (χ0) is 13.5. The van der Waals surface area contributed by atoms with Gasteiger partial charge in [0.1, 0.15) is 0 Å². The topological polar surface area (TPSA) is 35.7 Å². The van der Waals surface area contributed by atoms with Crippen LogP contribution in [0.5, 0.6) is 0 Å². The van der Waals surface area contributed by atoms with Gasteiger partial charge in [-0.15, -0.1) is 0 Å². The minimum atomic E-state index is 0.344. The van der Waals surface area contributed by atoms with Crippen molar-refractivity contribution in [2.45, 2.75) is 26.3 Å². The highest BCUT2D eigenvalue weighted by Gasteiger charge is 2.14. The molecule has 0 radical (unpaired) electrons. The van der Waals surface area contributed by atoms with E-state index in [4.69, 9.17) is 5.73 Å². The third-order valence-corrected chi connectivity index (χ3v) is 4.09. The second-order valence-electron chi connectivity index (χ2n) is 6.14. The second kappa shape index (κ2) is 8.10. The molecule has 1 unspecified atom stereocenters. The molecular formula is C14H32N4. The van der Waals surface area contributed by atoms with Crippen LogP contribution in [0.1, 0.15) is 20.3 Å². The van der Waals surface area contributed by atoms with Gasteiger partial charge < -0.3 is 15.5 Å². The number of likely N-dealkylation sites (N-methyl/N-ethyl adjacent to an activating group) is 2. The van der Waals surface area contributed by atoms with E-state index in [1.807, 2.05) is 0 Å². The highest BCUT2D eigenvalue weighted by molar-refractivity contribution is 4.71. The number of hydrogen-bond acceptors (Lipinski definition) is 4. The lowest BCUT2D eigenvalue weighted by atomic mass is 10.0. The van der Waals surface area contributed by atoms with Crippen molar-refractivity contribution in [3.05, 3.63) is 0 Å². The summed E-state index contributed by atoms with van der Waals surface area (Å²) in [7, 11) is 4.42. The maximum atomic E-state index is 6.08. The molecule has 1 rings (SSSR count). The lowest BCUT2D eigenvalue weighted by molar-refractivity contribution is 0.140. The van der Waals surface area contributed by atoms with Crippen LogP contribution >= 0.6 is 0 Å². The summed E-state index contributed by atoms with van der Waals surface area (Å²) in [6.07, 6.45) is 1.11. The Morgan fingerprint density at radius 1 is 1.11 bits per heavy atom. The Labute approximate surface area is 113 Å². The predicted molar refractivity (Wildman–Crippen MR) is 78.9 cm³/mol. The van der Waals surface area contributed by atoms with Crippen LogP contribution in [-0.4, -0.2) is 80.7 Å². The van der Waals surface area contributed by atoms with Crippen LogP contribution in [0.2, 0.25) is 0 Å². The lowest BCUT2D eigenvalue weighted by Gasteiger charge is -2.33. The van der Waals surface area contributed by atoms with Crippen LogP contribution < -0.4 is 5.73 Å². The molecule has 0 amide bonds. The third kappa shape index (κ3) is 6.14. The van der Waals surface area contributed by atoms with Crippen LogP contribution in [0, 0.1) is 5.92 Å². The number of nitrogens with zero attached hydrogens (tertiary/aromatic N) is 3. The van der Waals surface area contributed by atoms with Crippen LogP contribution in [0.3, 0.4) is 0 Å². The molecule has 0 bridgehead atoms. The van der Waals surface area contributed by atoms with E-state index in [-0.39, 0.29) is 0 Å². The van der Waals surface area contributed by atoms with Crippen LogP contribution in [0.15, 0.2) is 0 Å². The number of hydrogen-bond donors (Lipinski definition) is 1. The van der Waals surface area contributed by atoms with Crippen molar-refractivity contribution >= 4 is 0 Å². The first-order chi connectivity index (χ1) is 8.49. The van der Waals surface area contributed by atoms with Gasteiger partial charge in [0, 0.05) is 45.3 Å². The lowest BCUT2D eigenvalue weighted by Crippen LogP contribution is -2.46. The van der Waals surface area contributed by atoms with Crippen LogP contribution in [0.4, 0.5) is 0 Å². The van der Waals surface area contributed by atoms with Crippen molar-refractivity contribution in [3.63, 3.8) is 0 Å². The fourth-order valence-electron chi connectivity index (χ4n) is 2.20. The summed E-state index contributed by atoms with van der Waals surface area (Å²) in [4.78, 5) is 7.39. The number of piperazine rings is 1. The van der Waals surface area contributed by atoms with Gasteiger partial charge >= 0.3 is 0 Å². The summed E-state index contributed by atoms with van der Waals surface area (Å²) in [5.74, 6) is 0.594. The molecule has 1 fully saturated rings. The molecule has 4 nitrogen and oxygen atoms in total. The van der Waals surface area contributed by atoms with E-state index in [2.05, 4.69) is 42.6 Å². The number of rotatable bonds is 7. The van der Waals surface area contributed by atoms with Crippen molar-refractivity contribution in [3.8, 4) is 0 Å². The molecule has 0 aromatic heterocycles. The molecule has 1 atom stereocenters. The molecule has 0 saturated carbocycles. The van der Waals surface area contributed by atoms with E-state index in [9.17, 15) is 0 Å². The maximum Gasteiger partial charge on any atom is 0.0110 e. The summed E-state index contributed by atoms with van der Waals surface area (Å²) in [5.41, 5.74) is 6.08. The number of nitrogens with two attached hydrogens (primary N) is 1. The molecule has 1 saturated heterocycles. The van der Waals surface area contributed by atoms with Crippen LogP contribution in [-0.2, 0) is 0 Å². The molecule has 2 N–H and O–H groups in total. The molecule has 0 aromatic rings. The quantitative estimate of drug-likeness (QED) is 0.721. The summed E-state index contributed by atoms with van der Waals surface area (Å²) < 4.78 is 0. The molecule has 4 heteroatoms. The minimum absolute atomic E-state index is 0.344. The fourth-order valence-corrected chi connectivity index (χ4v) is 2.20. The average molecular weight is 256 g/mol. The molecule has 108 valence electrons. The van der Waals surface area contributed by atoms with Crippen molar-refractivity contribution in [1.82, 2.24) is 14.7 Å². The molecule has 1 aliphatic heterocycles. The van der Waals surface area contributed by atoms with Crippen molar-refractivity contribution in [2.24, 2.45) is 11.7 Å². The maximum absolute atomic E-state index is 6.08. The first-order valence-electron chi connectivity index (χ1n) is 7.34. The first kappa shape index (κ1) is 15.9. The predicted octanol–water partition coefficient (Wildman–Crippen LogP) is 0.539. The average Bonchev–Trinajstić information content (AvgIpc) is 2.35. The molecule has 0 aliphatic carbocycles. The summed E-state index contributed by atoms with van der Waals surface area (Å²) in [6.45, 7) is 12.7. The highest BCUT2D eigenvalue weighted by atomic mass is 15.3.